The van der Waals surface area contributed by atoms with Gasteiger partial charge in [0.1, 0.15) is 22.1 Å². The molecule has 0 aliphatic heterocycles. The summed E-state index contributed by atoms with van der Waals surface area (Å²) in [5.41, 5.74) is 5.07. The van der Waals surface area contributed by atoms with Gasteiger partial charge < -0.3 is 8.83 Å². The van der Waals surface area contributed by atoms with E-state index in [0.717, 1.165) is 33.0 Å². The lowest BCUT2D eigenvalue weighted by atomic mass is 9.89. The fourth-order valence-corrected chi connectivity index (χ4v) is 9.56. The zero-order valence-corrected chi connectivity index (χ0v) is 29.6. The molecule has 2 heterocycles. The predicted molar refractivity (Wildman–Crippen MR) is 232 cm³/mol. The van der Waals surface area contributed by atoms with Gasteiger partial charge in [0, 0.05) is 0 Å². The lowest BCUT2D eigenvalue weighted by Crippen LogP contribution is -2.07. The molecule has 0 spiro atoms. The van der Waals surface area contributed by atoms with Crippen LogP contribution in [0, 0.1) is 0 Å². The molecule has 0 aliphatic carbocycles. The van der Waals surface area contributed by atoms with E-state index in [-0.39, 0.29) is 21.8 Å². The van der Waals surface area contributed by atoms with Crippen LogP contribution in [0.4, 0.5) is 0 Å². The van der Waals surface area contributed by atoms with Gasteiger partial charge in [0.15, 0.2) is 5.58 Å². The normalized spacial score (nSPS) is 12.4. The molecule has 0 saturated carbocycles. The van der Waals surface area contributed by atoms with Gasteiger partial charge in [-0.15, -0.1) is 0 Å². The largest absolute Gasteiger partial charge is 0.456 e. The van der Waals surface area contributed by atoms with Crippen molar-refractivity contribution in [2.24, 2.45) is 0 Å². The van der Waals surface area contributed by atoms with Gasteiger partial charge in [0.2, 0.25) is 10.9 Å². The lowest BCUT2D eigenvalue weighted by Gasteiger charge is -2.14. The Kier molecular flexibility index (Phi) is 5.63. The summed E-state index contributed by atoms with van der Waals surface area (Å²) >= 11 is 0. The van der Waals surface area contributed by atoms with Crippen LogP contribution in [0.1, 0.15) is 0 Å². The maximum absolute atomic E-state index is 14.4. The van der Waals surface area contributed by atoms with Crippen molar-refractivity contribution in [1.29, 1.82) is 0 Å². The quantitative estimate of drug-likeness (QED) is 0.132. The van der Waals surface area contributed by atoms with Crippen LogP contribution in [0.2, 0.25) is 0 Å². The predicted octanol–water partition coefficient (Wildman–Crippen LogP) is 13.3. The summed E-state index contributed by atoms with van der Waals surface area (Å²) in [5.74, 6) is 0. The van der Waals surface area contributed by atoms with Crippen LogP contribution in [0.3, 0.4) is 0 Å². The van der Waals surface area contributed by atoms with Crippen molar-refractivity contribution in [2.45, 2.75) is 0 Å². The second-order valence-electron chi connectivity index (χ2n) is 15.0. The SMILES string of the molecule is O=c1c2ccc(-c3ccc4ccc5cccc6ccc3c4c56)cc2oc2c1ccc1oc3cc(-c4ccc5ccc6cccc7ccc4c5c67)ccc3c(=O)c12. The van der Waals surface area contributed by atoms with E-state index in [1.807, 2.05) is 36.4 Å². The van der Waals surface area contributed by atoms with Gasteiger partial charge in [-0.05, 0) is 123 Å². The van der Waals surface area contributed by atoms with Gasteiger partial charge in [-0.1, -0.05) is 121 Å². The topological polar surface area (TPSA) is 60.4 Å². The smallest absolute Gasteiger partial charge is 0.204 e. The third-order valence-corrected chi connectivity index (χ3v) is 12.2. The number of hydrogen-bond donors (Lipinski definition) is 0. The second-order valence-corrected chi connectivity index (χ2v) is 15.0. The van der Waals surface area contributed by atoms with Crippen molar-refractivity contribution < 1.29 is 8.83 Å². The zero-order chi connectivity index (χ0) is 36.8. The van der Waals surface area contributed by atoms with Crippen LogP contribution in [-0.2, 0) is 0 Å². The molecule has 56 heavy (non-hydrogen) atoms. The van der Waals surface area contributed by atoms with Gasteiger partial charge in [0.05, 0.1) is 16.2 Å². The molecule has 4 nitrogen and oxygen atoms in total. The molecule has 13 aromatic rings. The van der Waals surface area contributed by atoms with E-state index in [9.17, 15) is 9.59 Å². The Morgan fingerprint density at radius 1 is 0.304 bits per heavy atom. The fourth-order valence-electron chi connectivity index (χ4n) is 9.56. The maximum atomic E-state index is 14.4. The van der Waals surface area contributed by atoms with Gasteiger partial charge in [-0.25, -0.2) is 0 Å². The second kappa shape index (κ2) is 10.6. The Balaban J connectivity index is 1.00. The highest BCUT2D eigenvalue weighted by Crippen LogP contribution is 2.42. The summed E-state index contributed by atoms with van der Waals surface area (Å²) in [6.45, 7) is 0. The number of hydrogen-bond acceptors (Lipinski definition) is 4. The number of rotatable bonds is 2. The Labute approximate surface area is 316 Å². The molecule has 0 amide bonds. The summed E-state index contributed by atoms with van der Waals surface area (Å²) in [4.78, 5) is 28.5. The molecule has 11 aromatic carbocycles. The highest BCUT2D eigenvalue weighted by atomic mass is 16.3. The number of benzene rings is 11. The van der Waals surface area contributed by atoms with Crippen LogP contribution in [-0.4, -0.2) is 0 Å². The Morgan fingerprint density at radius 2 is 0.732 bits per heavy atom. The van der Waals surface area contributed by atoms with Crippen molar-refractivity contribution in [3.05, 3.63) is 178 Å². The van der Waals surface area contributed by atoms with E-state index in [1.54, 1.807) is 12.1 Å². The van der Waals surface area contributed by atoms with Crippen molar-refractivity contribution in [3.63, 3.8) is 0 Å². The summed E-state index contributed by atoms with van der Waals surface area (Å²) in [6.07, 6.45) is 0. The molecular weight excluding hydrogens is 689 g/mol. The molecule has 0 aliphatic rings. The lowest BCUT2D eigenvalue weighted by molar-refractivity contribution is 0.649. The van der Waals surface area contributed by atoms with E-state index < -0.39 is 0 Å². The van der Waals surface area contributed by atoms with Crippen molar-refractivity contribution >= 4 is 109 Å². The molecule has 0 atom stereocenters. The highest BCUT2D eigenvalue weighted by Gasteiger charge is 2.19. The number of fused-ring (bicyclic) bond motifs is 5. The van der Waals surface area contributed by atoms with E-state index in [0.29, 0.717) is 32.9 Å². The molecule has 13 rings (SSSR count). The van der Waals surface area contributed by atoms with Gasteiger partial charge >= 0.3 is 0 Å². The first kappa shape index (κ1) is 29.8. The third-order valence-electron chi connectivity index (χ3n) is 12.2. The minimum Gasteiger partial charge on any atom is -0.456 e. The summed E-state index contributed by atoms with van der Waals surface area (Å²) < 4.78 is 13.1. The third kappa shape index (κ3) is 3.87. The average Bonchev–Trinajstić information content (AvgIpc) is 3.24. The van der Waals surface area contributed by atoms with Gasteiger partial charge in [-0.2, -0.15) is 0 Å². The van der Waals surface area contributed by atoms with Crippen molar-refractivity contribution in [1.82, 2.24) is 0 Å². The summed E-state index contributed by atoms with van der Waals surface area (Å²) in [6, 6.07) is 53.8. The minimum atomic E-state index is -0.237. The van der Waals surface area contributed by atoms with E-state index >= 15 is 0 Å². The van der Waals surface area contributed by atoms with Gasteiger partial charge in [0.25, 0.3) is 0 Å². The van der Waals surface area contributed by atoms with Crippen LogP contribution in [0.25, 0.3) is 131 Å². The van der Waals surface area contributed by atoms with Crippen LogP contribution < -0.4 is 10.9 Å². The van der Waals surface area contributed by atoms with Crippen LogP contribution in [0.15, 0.2) is 176 Å². The molecule has 4 heteroatoms. The summed E-state index contributed by atoms with van der Waals surface area (Å²) in [5, 5.41) is 15.9. The van der Waals surface area contributed by atoms with Crippen LogP contribution in [0.5, 0.6) is 0 Å². The monoisotopic (exact) mass is 714 g/mol. The first-order chi connectivity index (χ1) is 27.6. The van der Waals surface area contributed by atoms with Crippen molar-refractivity contribution in [3.8, 4) is 22.3 Å². The molecule has 0 N–H and O–H groups in total. The Morgan fingerprint density at radius 3 is 1.29 bits per heavy atom. The molecule has 0 saturated heterocycles. The molecule has 0 unspecified atom stereocenters. The van der Waals surface area contributed by atoms with Crippen molar-refractivity contribution in [2.75, 3.05) is 0 Å². The summed E-state index contributed by atoms with van der Waals surface area (Å²) in [7, 11) is 0. The van der Waals surface area contributed by atoms with Gasteiger partial charge in [-0.3, -0.25) is 9.59 Å². The fraction of sp³-hybridized carbons (Fsp3) is 0. The first-order valence-electron chi connectivity index (χ1n) is 18.8. The highest BCUT2D eigenvalue weighted by molar-refractivity contribution is 6.27. The first-order valence-corrected chi connectivity index (χ1v) is 18.8. The van der Waals surface area contributed by atoms with E-state index in [4.69, 9.17) is 8.83 Å². The minimum absolute atomic E-state index is 0.186. The molecular formula is C52H26O4. The van der Waals surface area contributed by atoms with E-state index in [2.05, 4.69) is 109 Å². The Bertz CT molecular complexity index is 3950. The molecule has 2 aromatic heterocycles. The molecule has 0 fully saturated rings. The maximum Gasteiger partial charge on any atom is 0.204 e. The molecule has 258 valence electrons. The Hall–Kier alpha value is -7.56. The molecule has 0 radical (unpaired) electrons. The average molecular weight is 715 g/mol. The van der Waals surface area contributed by atoms with Crippen LogP contribution >= 0.6 is 0 Å². The molecule has 0 bridgehead atoms. The zero-order valence-electron chi connectivity index (χ0n) is 29.6. The van der Waals surface area contributed by atoms with E-state index in [1.165, 1.54) is 53.9 Å². The standard InChI is InChI=1S/C52H26O4/c53-50-39-21-15-34(36-18-12-32-10-8-28-4-2-6-30-14-20-38(36)48(32)46(28)30)26-44(39)56-52-41(50)23-24-42-49(52)51(54)40-22-16-33(25-43(40)55-42)35-17-11-31-9-7-27-3-1-5-29-13-19-37(35)47(31)45(27)29/h1-26H.